The number of thiophene rings is 1. The largest absolute Gasteiger partial charge is 0.348 e. The Hall–Kier alpha value is -1.14. The van der Waals surface area contributed by atoms with Gasteiger partial charge in [0.2, 0.25) is 5.95 Å². The number of aromatic nitrogens is 4. The van der Waals surface area contributed by atoms with Gasteiger partial charge in [-0.3, -0.25) is 0 Å². The second kappa shape index (κ2) is 3.93. The van der Waals surface area contributed by atoms with Crippen molar-refractivity contribution in [2.75, 3.05) is 5.32 Å². The van der Waals surface area contributed by atoms with Gasteiger partial charge in [0.05, 0.1) is 10.9 Å². The average Bonchev–Trinajstić information content (AvgIpc) is 2.72. The van der Waals surface area contributed by atoms with Gasteiger partial charge in [0.25, 0.3) is 0 Å². The van der Waals surface area contributed by atoms with Crippen LogP contribution in [-0.4, -0.2) is 20.2 Å². The maximum Gasteiger partial charge on any atom is 0.242 e. The number of hydrogen-bond donors (Lipinski definition) is 1. The highest BCUT2D eigenvalue weighted by atomic mass is 35.5. The van der Waals surface area contributed by atoms with Crippen LogP contribution in [0, 0.1) is 0 Å². The van der Waals surface area contributed by atoms with Gasteiger partial charge in [-0.05, 0) is 22.6 Å². The van der Waals surface area contributed by atoms with E-state index in [1.165, 1.54) is 0 Å². The van der Waals surface area contributed by atoms with E-state index in [1.807, 2.05) is 12.1 Å². The van der Waals surface area contributed by atoms with Crippen LogP contribution < -0.4 is 5.32 Å². The van der Waals surface area contributed by atoms with Gasteiger partial charge < -0.3 is 5.32 Å². The molecule has 5 nitrogen and oxygen atoms in total. The highest BCUT2D eigenvalue weighted by Gasteiger charge is 2.02. The van der Waals surface area contributed by atoms with E-state index in [0.29, 0.717) is 12.5 Å². The molecule has 0 aliphatic rings. The van der Waals surface area contributed by atoms with Crippen molar-refractivity contribution in [3.8, 4) is 0 Å². The second-order valence-corrected chi connectivity index (χ2v) is 4.49. The topological polar surface area (TPSA) is 55.6 Å². The van der Waals surface area contributed by atoms with Gasteiger partial charge in [-0.2, -0.15) is 0 Å². The maximum atomic E-state index is 5.80. The van der Waals surface area contributed by atoms with Gasteiger partial charge in [0.1, 0.15) is 0 Å². The summed E-state index contributed by atoms with van der Waals surface area (Å²) in [6.07, 6.45) is 0. The van der Waals surface area contributed by atoms with Crippen molar-refractivity contribution >= 4 is 28.9 Å². The van der Waals surface area contributed by atoms with Crippen molar-refractivity contribution in [2.24, 2.45) is 7.05 Å². The number of rotatable bonds is 3. The van der Waals surface area contributed by atoms with Crippen molar-refractivity contribution in [3.63, 3.8) is 0 Å². The Morgan fingerprint density at radius 2 is 2.43 bits per heavy atom. The van der Waals surface area contributed by atoms with Crippen LogP contribution in [0.3, 0.4) is 0 Å². The van der Waals surface area contributed by atoms with Crippen LogP contribution in [0.25, 0.3) is 0 Å². The molecule has 0 atom stereocenters. The molecule has 0 unspecified atom stereocenters. The molecule has 0 saturated heterocycles. The number of aryl methyl sites for hydroxylation is 1. The summed E-state index contributed by atoms with van der Waals surface area (Å²) in [5.41, 5.74) is 0. The Labute approximate surface area is 89.7 Å². The van der Waals surface area contributed by atoms with E-state index in [1.54, 1.807) is 23.1 Å². The minimum atomic E-state index is 0.648. The summed E-state index contributed by atoms with van der Waals surface area (Å²) in [7, 11) is 1.78. The van der Waals surface area contributed by atoms with Gasteiger partial charge >= 0.3 is 0 Å². The van der Waals surface area contributed by atoms with Gasteiger partial charge in [-0.15, -0.1) is 11.3 Å². The Kier molecular flexibility index (Phi) is 2.64. The third-order valence-corrected chi connectivity index (χ3v) is 2.90. The standard InChI is InChI=1S/C7H8ClN5S/c1-13-7(10-11-12-13)9-4-5-2-3-6(8)14-5/h2-3H,4H2,1H3,(H,9,10,12). The molecule has 0 aliphatic carbocycles. The number of hydrogen-bond acceptors (Lipinski definition) is 5. The van der Waals surface area contributed by atoms with Crippen LogP contribution in [0.15, 0.2) is 12.1 Å². The average molecular weight is 230 g/mol. The lowest BCUT2D eigenvalue weighted by atomic mass is 10.5. The van der Waals surface area contributed by atoms with Crippen LogP contribution in [0.1, 0.15) is 4.88 Å². The molecule has 0 aromatic carbocycles. The molecule has 2 heterocycles. The third-order valence-electron chi connectivity index (χ3n) is 1.67. The van der Waals surface area contributed by atoms with E-state index in [0.717, 1.165) is 9.21 Å². The number of anilines is 1. The first-order valence-electron chi connectivity index (χ1n) is 3.96. The SMILES string of the molecule is Cn1nnnc1NCc1ccc(Cl)s1. The zero-order valence-electron chi connectivity index (χ0n) is 7.44. The zero-order chi connectivity index (χ0) is 9.97. The molecule has 14 heavy (non-hydrogen) atoms. The summed E-state index contributed by atoms with van der Waals surface area (Å²) < 4.78 is 2.37. The molecule has 2 rings (SSSR count). The molecule has 0 saturated carbocycles. The molecule has 0 aliphatic heterocycles. The first-order chi connectivity index (χ1) is 6.75. The highest BCUT2D eigenvalue weighted by Crippen LogP contribution is 2.21. The predicted octanol–water partition coefficient (Wildman–Crippen LogP) is 1.54. The Balaban J connectivity index is 1.98. The summed E-state index contributed by atoms with van der Waals surface area (Å²) in [5.74, 6) is 0.648. The molecule has 2 aromatic rings. The number of nitrogens with zero attached hydrogens (tertiary/aromatic N) is 4. The van der Waals surface area contributed by atoms with E-state index < -0.39 is 0 Å². The van der Waals surface area contributed by atoms with E-state index in [9.17, 15) is 0 Å². The lowest BCUT2D eigenvalue weighted by Gasteiger charge is -2.00. The Bertz CT molecular complexity index is 423. The fourth-order valence-corrected chi connectivity index (χ4v) is 2.02. The van der Waals surface area contributed by atoms with Gasteiger partial charge in [0, 0.05) is 11.9 Å². The quantitative estimate of drug-likeness (QED) is 0.868. The summed E-state index contributed by atoms with van der Waals surface area (Å²) in [4.78, 5) is 1.15. The van der Waals surface area contributed by atoms with Crippen molar-refractivity contribution in [1.82, 2.24) is 20.2 Å². The fraction of sp³-hybridized carbons (Fsp3) is 0.286. The number of nitrogens with one attached hydrogen (secondary N) is 1. The van der Waals surface area contributed by atoms with Crippen molar-refractivity contribution in [3.05, 3.63) is 21.3 Å². The minimum absolute atomic E-state index is 0.648. The second-order valence-electron chi connectivity index (χ2n) is 2.69. The van der Waals surface area contributed by atoms with Gasteiger partial charge in [0.15, 0.2) is 0 Å². The summed E-state index contributed by atoms with van der Waals surface area (Å²) >= 11 is 7.34. The van der Waals surface area contributed by atoms with Gasteiger partial charge in [-0.25, -0.2) is 4.68 Å². The Morgan fingerprint density at radius 3 is 3.00 bits per heavy atom. The van der Waals surface area contributed by atoms with Crippen LogP contribution in [0.2, 0.25) is 4.34 Å². The molecule has 74 valence electrons. The smallest absolute Gasteiger partial charge is 0.242 e. The van der Waals surface area contributed by atoms with Crippen LogP contribution >= 0.6 is 22.9 Å². The zero-order valence-corrected chi connectivity index (χ0v) is 9.01. The van der Waals surface area contributed by atoms with Gasteiger partial charge in [-0.1, -0.05) is 16.7 Å². The summed E-state index contributed by atoms with van der Waals surface area (Å²) in [5, 5.41) is 14.1. The maximum absolute atomic E-state index is 5.80. The Morgan fingerprint density at radius 1 is 1.57 bits per heavy atom. The number of tetrazole rings is 1. The molecular weight excluding hydrogens is 222 g/mol. The first kappa shape index (κ1) is 9.42. The molecular formula is C7H8ClN5S. The predicted molar refractivity (Wildman–Crippen MR) is 55.5 cm³/mol. The van der Waals surface area contributed by atoms with E-state index >= 15 is 0 Å². The normalized spacial score (nSPS) is 10.4. The van der Waals surface area contributed by atoms with Crippen LogP contribution in [0.5, 0.6) is 0 Å². The van der Waals surface area contributed by atoms with Crippen molar-refractivity contribution in [1.29, 1.82) is 0 Å². The van der Waals surface area contributed by atoms with E-state index in [4.69, 9.17) is 11.6 Å². The lowest BCUT2D eigenvalue weighted by Crippen LogP contribution is -2.04. The summed E-state index contributed by atoms with van der Waals surface area (Å²) in [6.45, 7) is 0.686. The highest BCUT2D eigenvalue weighted by molar-refractivity contribution is 7.16. The molecule has 7 heteroatoms. The molecule has 0 amide bonds. The van der Waals surface area contributed by atoms with E-state index in [2.05, 4.69) is 20.8 Å². The minimum Gasteiger partial charge on any atom is -0.348 e. The van der Waals surface area contributed by atoms with Crippen LogP contribution in [0.4, 0.5) is 5.95 Å². The molecule has 2 aromatic heterocycles. The molecule has 0 fully saturated rings. The van der Waals surface area contributed by atoms with E-state index in [-0.39, 0.29) is 0 Å². The monoisotopic (exact) mass is 229 g/mol. The lowest BCUT2D eigenvalue weighted by molar-refractivity contribution is 0.712. The molecule has 0 spiro atoms. The molecule has 0 radical (unpaired) electrons. The van der Waals surface area contributed by atoms with Crippen molar-refractivity contribution < 1.29 is 0 Å². The fourth-order valence-electron chi connectivity index (χ4n) is 0.992. The molecule has 1 N–H and O–H groups in total. The number of halogens is 1. The van der Waals surface area contributed by atoms with Crippen LogP contribution in [-0.2, 0) is 13.6 Å². The van der Waals surface area contributed by atoms with Crippen molar-refractivity contribution in [2.45, 2.75) is 6.54 Å². The first-order valence-corrected chi connectivity index (χ1v) is 5.15. The third kappa shape index (κ3) is 2.02. The summed E-state index contributed by atoms with van der Waals surface area (Å²) in [6, 6.07) is 3.85. The molecule has 0 bridgehead atoms.